The van der Waals surface area contributed by atoms with Gasteiger partial charge in [0.25, 0.3) is 0 Å². The summed E-state index contributed by atoms with van der Waals surface area (Å²) < 4.78 is 11.0. The second kappa shape index (κ2) is 5.93. The molecule has 0 saturated heterocycles. The molecule has 1 aromatic rings. The zero-order valence-corrected chi connectivity index (χ0v) is 12.1. The predicted octanol–water partition coefficient (Wildman–Crippen LogP) is 3.12. The summed E-state index contributed by atoms with van der Waals surface area (Å²) in [5, 5.41) is 10.5. The average molecular weight is 264 g/mol. The highest BCUT2D eigenvalue weighted by atomic mass is 16.5. The monoisotopic (exact) mass is 264 g/mol. The van der Waals surface area contributed by atoms with Crippen molar-refractivity contribution in [3.63, 3.8) is 0 Å². The SMILES string of the molecule is COC(C)(C)CCC(O)C1CCOc2ccccc21. The average Bonchev–Trinajstić information content (AvgIpc) is 2.44. The molecule has 3 nitrogen and oxygen atoms in total. The van der Waals surface area contributed by atoms with Gasteiger partial charge in [-0.1, -0.05) is 18.2 Å². The summed E-state index contributed by atoms with van der Waals surface area (Å²) in [6.07, 6.45) is 2.15. The number of rotatable bonds is 5. The van der Waals surface area contributed by atoms with Crippen LogP contribution in [0, 0.1) is 0 Å². The van der Waals surface area contributed by atoms with Crippen LogP contribution in [-0.2, 0) is 4.74 Å². The van der Waals surface area contributed by atoms with Crippen molar-refractivity contribution in [1.82, 2.24) is 0 Å². The summed E-state index contributed by atoms with van der Waals surface area (Å²) in [4.78, 5) is 0. The summed E-state index contributed by atoms with van der Waals surface area (Å²) in [7, 11) is 1.72. The van der Waals surface area contributed by atoms with Gasteiger partial charge in [-0.05, 0) is 44.7 Å². The van der Waals surface area contributed by atoms with Crippen molar-refractivity contribution in [2.24, 2.45) is 0 Å². The minimum absolute atomic E-state index is 0.175. The molecule has 3 heteroatoms. The van der Waals surface area contributed by atoms with Crippen LogP contribution >= 0.6 is 0 Å². The standard InChI is InChI=1S/C16H24O3/c1-16(2,18-3)10-8-14(17)12-9-11-19-15-7-5-4-6-13(12)15/h4-7,12,14,17H,8-11H2,1-3H3. The van der Waals surface area contributed by atoms with Gasteiger partial charge in [0.15, 0.2) is 0 Å². The van der Waals surface area contributed by atoms with Crippen LogP contribution in [0.25, 0.3) is 0 Å². The van der Waals surface area contributed by atoms with Gasteiger partial charge in [0.05, 0.1) is 18.3 Å². The number of fused-ring (bicyclic) bond motifs is 1. The molecule has 19 heavy (non-hydrogen) atoms. The number of para-hydroxylation sites is 1. The highest BCUT2D eigenvalue weighted by molar-refractivity contribution is 5.38. The van der Waals surface area contributed by atoms with Gasteiger partial charge in [-0.25, -0.2) is 0 Å². The Balaban J connectivity index is 2.03. The van der Waals surface area contributed by atoms with E-state index < -0.39 is 0 Å². The minimum atomic E-state index is -0.334. The van der Waals surface area contributed by atoms with Crippen LogP contribution in [0.3, 0.4) is 0 Å². The van der Waals surface area contributed by atoms with Gasteiger partial charge < -0.3 is 14.6 Å². The smallest absolute Gasteiger partial charge is 0.122 e. The van der Waals surface area contributed by atoms with Crippen LogP contribution in [-0.4, -0.2) is 30.5 Å². The molecule has 0 fully saturated rings. The Morgan fingerprint density at radius 1 is 1.42 bits per heavy atom. The molecule has 1 aliphatic heterocycles. The van der Waals surface area contributed by atoms with Crippen molar-refractivity contribution in [2.75, 3.05) is 13.7 Å². The molecule has 2 unspecified atom stereocenters. The van der Waals surface area contributed by atoms with E-state index in [1.807, 2.05) is 18.2 Å². The Hall–Kier alpha value is -1.06. The quantitative estimate of drug-likeness (QED) is 0.888. The topological polar surface area (TPSA) is 38.7 Å². The van der Waals surface area contributed by atoms with Crippen molar-refractivity contribution in [2.45, 2.75) is 50.7 Å². The van der Waals surface area contributed by atoms with Gasteiger partial charge in [0, 0.05) is 13.0 Å². The molecule has 1 aromatic carbocycles. The lowest BCUT2D eigenvalue weighted by Crippen LogP contribution is -2.29. The third kappa shape index (κ3) is 3.48. The molecule has 1 heterocycles. The fraction of sp³-hybridized carbons (Fsp3) is 0.625. The third-order valence-electron chi connectivity index (χ3n) is 4.06. The lowest BCUT2D eigenvalue weighted by Gasteiger charge is -2.31. The Morgan fingerprint density at radius 3 is 2.89 bits per heavy atom. The molecule has 0 aromatic heterocycles. The van der Waals surface area contributed by atoms with Crippen LogP contribution in [0.4, 0.5) is 0 Å². The maximum absolute atomic E-state index is 10.5. The molecule has 2 atom stereocenters. The first-order chi connectivity index (χ1) is 9.03. The summed E-state index contributed by atoms with van der Waals surface area (Å²) in [6, 6.07) is 8.02. The second-order valence-electron chi connectivity index (χ2n) is 5.85. The lowest BCUT2D eigenvalue weighted by atomic mass is 9.85. The van der Waals surface area contributed by atoms with Crippen LogP contribution in [0.15, 0.2) is 24.3 Å². The van der Waals surface area contributed by atoms with Crippen LogP contribution in [0.2, 0.25) is 0 Å². The van der Waals surface area contributed by atoms with Gasteiger partial charge in [0.1, 0.15) is 5.75 Å². The Morgan fingerprint density at radius 2 is 2.16 bits per heavy atom. The van der Waals surface area contributed by atoms with Gasteiger partial charge in [-0.3, -0.25) is 0 Å². The molecule has 1 aliphatic rings. The predicted molar refractivity (Wildman–Crippen MR) is 75.6 cm³/mol. The Labute approximate surface area is 115 Å². The second-order valence-corrected chi connectivity index (χ2v) is 5.85. The molecule has 106 valence electrons. The summed E-state index contributed by atoms with van der Waals surface area (Å²) >= 11 is 0. The highest BCUT2D eigenvalue weighted by Crippen LogP contribution is 2.37. The third-order valence-corrected chi connectivity index (χ3v) is 4.06. The molecular formula is C16H24O3. The molecule has 0 spiro atoms. The van der Waals surface area contributed by atoms with E-state index in [1.165, 1.54) is 0 Å². The van der Waals surface area contributed by atoms with Gasteiger partial charge >= 0.3 is 0 Å². The molecule has 2 rings (SSSR count). The lowest BCUT2D eigenvalue weighted by molar-refractivity contribution is -0.00135. The van der Waals surface area contributed by atoms with E-state index in [9.17, 15) is 5.11 Å². The number of benzene rings is 1. The van der Waals surface area contributed by atoms with Crippen LogP contribution in [0.5, 0.6) is 5.75 Å². The van der Waals surface area contributed by atoms with E-state index in [0.717, 1.165) is 30.6 Å². The number of aliphatic hydroxyl groups excluding tert-OH is 1. The van der Waals surface area contributed by atoms with Crippen molar-refractivity contribution in [3.8, 4) is 5.75 Å². The minimum Gasteiger partial charge on any atom is -0.493 e. The van der Waals surface area contributed by atoms with E-state index in [4.69, 9.17) is 9.47 Å². The van der Waals surface area contributed by atoms with Crippen LogP contribution in [0.1, 0.15) is 44.6 Å². The summed E-state index contributed by atoms with van der Waals surface area (Å²) in [6.45, 7) is 4.79. The van der Waals surface area contributed by atoms with E-state index in [0.29, 0.717) is 6.61 Å². The van der Waals surface area contributed by atoms with E-state index >= 15 is 0 Å². The molecule has 1 N–H and O–H groups in total. The summed E-state index contributed by atoms with van der Waals surface area (Å²) in [5.41, 5.74) is 0.961. The van der Waals surface area contributed by atoms with Crippen molar-refractivity contribution in [1.29, 1.82) is 0 Å². The first-order valence-corrected chi connectivity index (χ1v) is 6.98. The molecule has 0 amide bonds. The maximum Gasteiger partial charge on any atom is 0.122 e. The number of hydrogen-bond acceptors (Lipinski definition) is 3. The van der Waals surface area contributed by atoms with Crippen LogP contribution < -0.4 is 4.74 Å². The maximum atomic E-state index is 10.5. The molecule has 0 radical (unpaired) electrons. The van der Waals surface area contributed by atoms with E-state index in [-0.39, 0.29) is 17.6 Å². The number of ether oxygens (including phenoxy) is 2. The molecule has 0 saturated carbocycles. The van der Waals surface area contributed by atoms with E-state index in [2.05, 4.69) is 19.9 Å². The molecule has 0 bridgehead atoms. The first-order valence-electron chi connectivity index (χ1n) is 6.98. The Kier molecular flexibility index (Phi) is 4.48. The normalized spacial score (nSPS) is 20.5. The number of hydrogen-bond donors (Lipinski definition) is 1. The number of aliphatic hydroxyl groups is 1. The van der Waals surface area contributed by atoms with Gasteiger partial charge in [-0.15, -0.1) is 0 Å². The summed E-state index contributed by atoms with van der Waals surface area (Å²) in [5.74, 6) is 1.10. The zero-order chi connectivity index (χ0) is 13.9. The first kappa shape index (κ1) is 14.4. The van der Waals surface area contributed by atoms with Crippen molar-refractivity contribution >= 4 is 0 Å². The largest absolute Gasteiger partial charge is 0.493 e. The van der Waals surface area contributed by atoms with Crippen molar-refractivity contribution < 1.29 is 14.6 Å². The highest BCUT2D eigenvalue weighted by Gasteiger charge is 2.29. The van der Waals surface area contributed by atoms with Gasteiger partial charge in [-0.2, -0.15) is 0 Å². The zero-order valence-electron chi connectivity index (χ0n) is 12.1. The number of methoxy groups -OCH3 is 1. The van der Waals surface area contributed by atoms with Crippen molar-refractivity contribution in [3.05, 3.63) is 29.8 Å². The Bertz CT molecular complexity index is 414. The fourth-order valence-electron chi connectivity index (χ4n) is 2.57. The van der Waals surface area contributed by atoms with Gasteiger partial charge in [0.2, 0.25) is 0 Å². The molecular weight excluding hydrogens is 240 g/mol. The molecule has 0 aliphatic carbocycles. The fourth-order valence-corrected chi connectivity index (χ4v) is 2.57. The van der Waals surface area contributed by atoms with E-state index in [1.54, 1.807) is 7.11 Å².